The predicted molar refractivity (Wildman–Crippen MR) is 73.6 cm³/mol. The van der Waals surface area contributed by atoms with Gasteiger partial charge in [0.15, 0.2) is 5.78 Å². The molecule has 19 heavy (non-hydrogen) atoms. The first kappa shape index (κ1) is 13.1. The van der Waals surface area contributed by atoms with Crippen LogP contribution in [-0.4, -0.2) is 5.78 Å². The van der Waals surface area contributed by atoms with Crippen LogP contribution in [0.4, 0.5) is 4.39 Å². The van der Waals surface area contributed by atoms with Gasteiger partial charge in [-0.2, -0.15) is 0 Å². The van der Waals surface area contributed by atoms with E-state index in [-0.39, 0.29) is 11.6 Å². The molecule has 3 rings (SSSR count). The highest BCUT2D eigenvalue weighted by Crippen LogP contribution is 2.50. The van der Waals surface area contributed by atoms with E-state index >= 15 is 0 Å². The van der Waals surface area contributed by atoms with E-state index in [4.69, 9.17) is 11.6 Å². The van der Waals surface area contributed by atoms with Gasteiger partial charge in [0, 0.05) is 6.42 Å². The molecule has 2 aliphatic carbocycles. The molecule has 4 atom stereocenters. The van der Waals surface area contributed by atoms with Crippen LogP contribution < -0.4 is 0 Å². The number of fused-ring (bicyclic) bond motifs is 2. The second-order valence-corrected chi connectivity index (χ2v) is 6.46. The fourth-order valence-corrected chi connectivity index (χ4v) is 4.04. The highest BCUT2D eigenvalue weighted by atomic mass is 35.5. The Morgan fingerprint density at radius 2 is 2.00 bits per heavy atom. The standard InChI is InChI=1S/C16H18ClFO/c17-16(11-3-5-14(18)6-4-11)15(19)9-13-8-10-1-2-12(13)7-10/h3-6,10,12-13,16H,1-2,7-9H2. The molecule has 1 aromatic rings. The van der Waals surface area contributed by atoms with Gasteiger partial charge in [0.2, 0.25) is 0 Å². The van der Waals surface area contributed by atoms with Crippen molar-refractivity contribution in [1.29, 1.82) is 0 Å². The lowest BCUT2D eigenvalue weighted by atomic mass is 9.84. The third-order valence-electron chi connectivity index (χ3n) is 4.79. The lowest BCUT2D eigenvalue weighted by Crippen LogP contribution is -2.17. The molecule has 0 radical (unpaired) electrons. The van der Waals surface area contributed by atoms with Crippen LogP contribution in [0, 0.1) is 23.6 Å². The summed E-state index contributed by atoms with van der Waals surface area (Å²) in [6.07, 6.45) is 5.72. The van der Waals surface area contributed by atoms with Gasteiger partial charge in [-0.3, -0.25) is 4.79 Å². The van der Waals surface area contributed by atoms with Crippen LogP contribution in [0.25, 0.3) is 0 Å². The number of carbonyl (C=O) groups excluding carboxylic acids is 1. The summed E-state index contributed by atoms with van der Waals surface area (Å²) in [7, 11) is 0. The number of carbonyl (C=O) groups is 1. The van der Waals surface area contributed by atoms with E-state index in [0.29, 0.717) is 17.9 Å². The van der Waals surface area contributed by atoms with E-state index in [9.17, 15) is 9.18 Å². The highest BCUT2D eigenvalue weighted by Gasteiger charge is 2.40. The first-order chi connectivity index (χ1) is 9.13. The smallest absolute Gasteiger partial charge is 0.155 e. The van der Waals surface area contributed by atoms with Gasteiger partial charge < -0.3 is 0 Å². The largest absolute Gasteiger partial charge is 0.298 e. The molecule has 0 heterocycles. The summed E-state index contributed by atoms with van der Waals surface area (Å²) < 4.78 is 12.9. The summed E-state index contributed by atoms with van der Waals surface area (Å²) in [5.41, 5.74) is 0.705. The van der Waals surface area contributed by atoms with Crippen molar-refractivity contribution in [2.24, 2.45) is 17.8 Å². The number of rotatable bonds is 4. The monoisotopic (exact) mass is 280 g/mol. The van der Waals surface area contributed by atoms with Crippen LogP contribution in [0.1, 0.15) is 43.0 Å². The molecule has 3 heteroatoms. The van der Waals surface area contributed by atoms with Gasteiger partial charge in [-0.15, -0.1) is 11.6 Å². The average molecular weight is 281 g/mol. The minimum absolute atomic E-state index is 0.0887. The molecule has 2 saturated carbocycles. The number of hydrogen-bond acceptors (Lipinski definition) is 1. The zero-order chi connectivity index (χ0) is 13.4. The Morgan fingerprint density at radius 1 is 1.26 bits per heavy atom. The number of hydrogen-bond donors (Lipinski definition) is 0. The van der Waals surface area contributed by atoms with Gasteiger partial charge in [0.1, 0.15) is 11.2 Å². The molecule has 1 nitrogen and oxygen atoms in total. The molecule has 0 amide bonds. The Labute approximate surface area is 118 Å². The van der Waals surface area contributed by atoms with Crippen molar-refractivity contribution in [3.8, 4) is 0 Å². The van der Waals surface area contributed by atoms with E-state index < -0.39 is 5.38 Å². The Balaban J connectivity index is 1.62. The quantitative estimate of drug-likeness (QED) is 0.742. The molecule has 0 N–H and O–H groups in total. The molecule has 2 aliphatic rings. The first-order valence-corrected chi connectivity index (χ1v) is 7.49. The molecule has 0 aliphatic heterocycles. The van der Waals surface area contributed by atoms with E-state index in [1.54, 1.807) is 12.1 Å². The molecule has 0 aromatic heterocycles. The summed E-state index contributed by atoms with van der Waals surface area (Å²) in [6, 6.07) is 5.92. The second kappa shape index (κ2) is 5.24. The third kappa shape index (κ3) is 2.69. The SMILES string of the molecule is O=C(CC1CC2CCC1C2)C(Cl)c1ccc(F)cc1. The van der Waals surface area contributed by atoms with Crippen LogP contribution >= 0.6 is 11.6 Å². The van der Waals surface area contributed by atoms with Crippen molar-refractivity contribution in [3.05, 3.63) is 35.6 Å². The van der Waals surface area contributed by atoms with E-state index in [0.717, 1.165) is 11.8 Å². The normalized spacial score (nSPS) is 30.5. The lowest BCUT2D eigenvalue weighted by molar-refractivity contribution is -0.120. The number of alkyl halides is 1. The molecule has 0 spiro atoms. The van der Waals surface area contributed by atoms with E-state index in [1.165, 1.54) is 37.8 Å². The fraction of sp³-hybridized carbons (Fsp3) is 0.562. The number of halogens is 2. The lowest BCUT2D eigenvalue weighted by Gasteiger charge is -2.21. The summed E-state index contributed by atoms with van der Waals surface area (Å²) in [4.78, 5) is 12.2. The second-order valence-electron chi connectivity index (χ2n) is 6.02. The molecule has 0 saturated heterocycles. The molecule has 1 aromatic carbocycles. The number of ketones is 1. The summed E-state index contributed by atoms with van der Waals surface area (Å²) in [5.74, 6) is 1.92. The van der Waals surface area contributed by atoms with Crippen LogP contribution in [-0.2, 0) is 4.79 Å². The zero-order valence-corrected chi connectivity index (χ0v) is 11.6. The van der Waals surface area contributed by atoms with Gasteiger partial charge in [-0.25, -0.2) is 4.39 Å². The Hall–Kier alpha value is -0.890. The van der Waals surface area contributed by atoms with Gasteiger partial charge in [-0.05, 0) is 54.7 Å². The van der Waals surface area contributed by atoms with E-state index in [2.05, 4.69) is 0 Å². The van der Waals surface area contributed by atoms with Crippen molar-refractivity contribution in [2.75, 3.05) is 0 Å². The van der Waals surface area contributed by atoms with Crippen LogP contribution in [0.5, 0.6) is 0 Å². The summed E-state index contributed by atoms with van der Waals surface area (Å²) in [6.45, 7) is 0. The van der Waals surface area contributed by atoms with Crippen LogP contribution in [0.2, 0.25) is 0 Å². The molecule has 2 bridgehead atoms. The fourth-order valence-electron chi connectivity index (χ4n) is 3.81. The van der Waals surface area contributed by atoms with Gasteiger partial charge in [-0.1, -0.05) is 18.6 Å². The highest BCUT2D eigenvalue weighted by molar-refractivity contribution is 6.31. The van der Waals surface area contributed by atoms with Crippen molar-refractivity contribution in [1.82, 2.24) is 0 Å². The van der Waals surface area contributed by atoms with Gasteiger partial charge in [0.25, 0.3) is 0 Å². The Morgan fingerprint density at radius 3 is 2.58 bits per heavy atom. The van der Waals surface area contributed by atoms with Crippen LogP contribution in [0.15, 0.2) is 24.3 Å². The summed E-state index contributed by atoms with van der Waals surface area (Å²) >= 11 is 6.22. The topological polar surface area (TPSA) is 17.1 Å². The maximum absolute atomic E-state index is 12.9. The molecule has 2 fully saturated rings. The first-order valence-electron chi connectivity index (χ1n) is 7.05. The molecule has 4 unspecified atom stereocenters. The zero-order valence-electron chi connectivity index (χ0n) is 10.8. The van der Waals surface area contributed by atoms with Crippen molar-refractivity contribution < 1.29 is 9.18 Å². The van der Waals surface area contributed by atoms with E-state index in [1.807, 2.05) is 0 Å². The third-order valence-corrected chi connectivity index (χ3v) is 5.29. The van der Waals surface area contributed by atoms with Crippen molar-refractivity contribution in [3.63, 3.8) is 0 Å². The molecular formula is C16H18ClFO. The maximum atomic E-state index is 12.9. The average Bonchev–Trinajstić information content (AvgIpc) is 3.01. The van der Waals surface area contributed by atoms with Crippen molar-refractivity contribution >= 4 is 17.4 Å². The summed E-state index contributed by atoms with van der Waals surface area (Å²) in [5, 5.41) is -0.625. The minimum Gasteiger partial charge on any atom is -0.298 e. The number of benzene rings is 1. The Bertz CT molecular complexity index is 470. The Kier molecular flexibility index (Phi) is 3.62. The van der Waals surface area contributed by atoms with Gasteiger partial charge >= 0.3 is 0 Å². The molecule has 102 valence electrons. The van der Waals surface area contributed by atoms with Gasteiger partial charge in [0.05, 0.1) is 0 Å². The minimum atomic E-state index is -0.625. The van der Waals surface area contributed by atoms with Crippen LogP contribution in [0.3, 0.4) is 0 Å². The predicted octanol–water partition coefficient (Wildman–Crippen LogP) is 4.50. The number of Topliss-reactive ketones (excluding diaryl/α,β-unsaturated/α-hetero) is 1. The van der Waals surface area contributed by atoms with Crippen molar-refractivity contribution in [2.45, 2.75) is 37.5 Å². The maximum Gasteiger partial charge on any atom is 0.155 e. The molecular weight excluding hydrogens is 263 g/mol.